The Bertz CT molecular complexity index is 822. The molecule has 3 rings (SSSR count). The molecule has 118 valence electrons. The van der Waals surface area contributed by atoms with Crippen LogP contribution >= 0.6 is 9.24 Å². The summed E-state index contributed by atoms with van der Waals surface area (Å²) in [5, 5.41) is 1.11. The van der Waals surface area contributed by atoms with Crippen molar-refractivity contribution in [1.82, 2.24) is 0 Å². The van der Waals surface area contributed by atoms with Gasteiger partial charge in [0.25, 0.3) is 0 Å². The molecular weight excluding hydrogens is 299 g/mol. The van der Waals surface area contributed by atoms with Crippen LogP contribution in [0.1, 0.15) is 47.8 Å². The quantitative estimate of drug-likeness (QED) is 0.619. The first-order valence-corrected chi connectivity index (χ1v) is 8.59. The Morgan fingerprint density at radius 2 is 1.78 bits per heavy atom. The van der Waals surface area contributed by atoms with Gasteiger partial charge in [-0.1, -0.05) is 63.2 Å². The SMILES string of the molecule is Cc1ccc2c(c1/C(P)=C\C(C)(C)C)C(=O)Cc1ccccc1-2. The summed E-state index contributed by atoms with van der Waals surface area (Å²) in [6, 6.07) is 12.5. The van der Waals surface area contributed by atoms with Gasteiger partial charge in [0.15, 0.2) is 5.78 Å². The second kappa shape index (κ2) is 5.73. The summed E-state index contributed by atoms with van der Waals surface area (Å²) in [5.41, 5.74) is 6.58. The van der Waals surface area contributed by atoms with Crippen molar-refractivity contribution in [2.75, 3.05) is 0 Å². The van der Waals surface area contributed by atoms with E-state index in [1.807, 2.05) is 12.1 Å². The lowest BCUT2D eigenvalue weighted by molar-refractivity contribution is 0.0991. The molecule has 2 heteroatoms. The highest BCUT2D eigenvalue weighted by atomic mass is 31.0. The van der Waals surface area contributed by atoms with Crippen LogP contribution in [-0.4, -0.2) is 5.78 Å². The van der Waals surface area contributed by atoms with E-state index in [0.29, 0.717) is 6.42 Å². The summed E-state index contributed by atoms with van der Waals surface area (Å²) < 4.78 is 0. The Balaban J connectivity index is 2.30. The molecule has 0 saturated heterocycles. The third-order valence-electron chi connectivity index (χ3n) is 4.23. The second-order valence-corrected chi connectivity index (χ2v) is 8.02. The largest absolute Gasteiger partial charge is 0.294 e. The lowest BCUT2D eigenvalue weighted by Gasteiger charge is -2.24. The highest BCUT2D eigenvalue weighted by Crippen LogP contribution is 2.41. The first-order chi connectivity index (χ1) is 10.8. The van der Waals surface area contributed by atoms with Gasteiger partial charge in [-0.2, -0.15) is 0 Å². The second-order valence-electron chi connectivity index (χ2n) is 7.40. The summed E-state index contributed by atoms with van der Waals surface area (Å²) in [7, 11) is 2.84. The van der Waals surface area contributed by atoms with Crippen LogP contribution < -0.4 is 0 Å². The van der Waals surface area contributed by atoms with Crippen molar-refractivity contribution in [3.63, 3.8) is 0 Å². The Kier molecular flexibility index (Phi) is 4.02. The lowest BCUT2D eigenvalue weighted by atomic mass is 9.80. The molecule has 23 heavy (non-hydrogen) atoms. The molecule has 2 aromatic rings. The number of carbonyl (C=O) groups is 1. The minimum atomic E-state index is 0.0713. The molecule has 0 aliphatic heterocycles. The van der Waals surface area contributed by atoms with Crippen LogP contribution in [0, 0.1) is 12.3 Å². The smallest absolute Gasteiger partial charge is 0.168 e. The van der Waals surface area contributed by atoms with E-state index in [4.69, 9.17) is 0 Å². The molecule has 0 N–H and O–H groups in total. The molecule has 1 atom stereocenters. The number of carbonyl (C=O) groups excluding carboxylic acids is 1. The zero-order valence-corrected chi connectivity index (χ0v) is 15.4. The van der Waals surface area contributed by atoms with E-state index >= 15 is 0 Å². The minimum absolute atomic E-state index is 0.0713. The normalized spacial score (nSPS) is 14.5. The molecule has 1 unspecified atom stereocenters. The van der Waals surface area contributed by atoms with E-state index in [0.717, 1.165) is 33.1 Å². The fourth-order valence-corrected chi connectivity index (χ4v) is 4.20. The maximum absolute atomic E-state index is 12.9. The van der Waals surface area contributed by atoms with Gasteiger partial charge in [-0.25, -0.2) is 0 Å². The summed E-state index contributed by atoms with van der Waals surface area (Å²) in [6.45, 7) is 8.63. The van der Waals surface area contributed by atoms with Gasteiger partial charge >= 0.3 is 0 Å². The number of hydrogen-bond donors (Lipinski definition) is 0. The molecule has 1 nitrogen and oxygen atoms in total. The number of aryl methyl sites for hydroxylation is 1. The summed E-state index contributed by atoms with van der Waals surface area (Å²) in [6.07, 6.45) is 2.72. The lowest BCUT2D eigenvalue weighted by Crippen LogP contribution is -2.15. The zero-order chi connectivity index (χ0) is 16.8. The highest BCUT2D eigenvalue weighted by molar-refractivity contribution is 7.31. The number of Topliss-reactive ketones (excluding diaryl/α,β-unsaturated/α-hetero) is 1. The van der Waals surface area contributed by atoms with E-state index in [2.05, 4.69) is 67.3 Å². The molecule has 2 aromatic carbocycles. The Labute approximate surface area is 141 Å². The molecule has 0 bridgehead atoms. The third-order valence-corrected chi connectivity index (χ3v) is 4.68. The molecule has 0 heterocycles. The van der Waals surface area contributed by atoms with Gasteiger partial charge in [-0.05, 0) is 45.5 Å². The Morgan fingerprint density at radius 1 is 1.09 bits per heavy atom. The van der Waals surface area contributed by atoms with E-state index in [1.54, 1.807) is 0 Å². The number of allylic oxidation sites excluding steroid dienone is 1. The number of rotatable bonds is 1. The minimum Gasteiger partial charge on any atom is -0.294 e. The van der Waals surface area contributed by atoms with Crippen molar-refractivity contribution in [2.45, 2.75) is 34.1 Å². The van der Waals surface area contributed by atoms with Gasteiger partial charge in [0.05, 0.1) is 0 Å². The maximum Gasteiger partial charge on any atom is 0.168 e. The van der Waals surface area contributed by atoms with Crippen LogP contribution in [0.15, 0.2) is 42.5 Å². The third kappa shape index (κ3) is 3.03. The molecule has 0 fully saturated rings. The van der Waals surface area contributed by atoms with Crippen LogP contribution in [0.5, 0.6) is 0 Å². The molecule has 0 saturated carbocycles. The summed E-state index contributed by atoms with van der Waals surface area (Å²) in [5.74, 6) is 0.222. The number of benzene rings is 2. The van der Waals surface area contributed by atoms with Gasteiger partial charge in [-0.15, -0.1) is 9.24 Å². The van der Waals surface area contributed by atoms with Crippen LogP contribution in [0.3, 0.4) is 0 Å². The van der Waals surface area contributed by atoms with E-state index in [1.165, 1.54) is 5.56 Å². The molecule has 1 aliphatic rings. The van der Waals surface area contributed by atoms with Gasteiger partial charge < -0.3 is 0 Å². The highest BCUT2D eigenvalue weighted by Gasteiger charge is 2.26. The van der Waals surface area contributed by atoms with Gasteiger partial charge in [0.2, 0.25) is 0 Å². The zero-order valence-electron chi connectivity index (χ0n) is 14.2. The van der Waals surface area contributed by atoms with Gasteiger partial charge in [-0.3, -0.25) is 4.79 Å². The van der Waals surface area contributed by atoms with Crippen LogP contribution in [0.4, 0.5) is 0 Å². The summed E-state index contributed by atoms with van der Waals surface area (Å²) in [4.78, 5) is 12.9. The standard InChI is InChI=1S/C21H23OP/c1-13-9-10-16-15-8-6-5-7-14(15)11-17(22)20(16)19(13)18(23)12-21(2,3)4/h5-10,12H,11,23H2,1-4H3/b18-12+. The molecule has 0 radical (unpaired) electrons. The first-order valence-electron chi connectivity index (χ1n) is 8.02. The average molecular weight is 322 g/mol. The maximum atomic E-state index is 12.9. The van der Waals surface area contributed by atoms with Crippen molar-refractivity contribution in [3.8, 4) is 11.1 Å². The van der Waals surface area contributed by atoms with Crippen molar-refractivity contribution in [3.05, 3.63) is 64.7 Å². The predicted octanol–water partition coefficient (Wildman–Crippen LogP) is 5.66. The fourth-order valence-electron chi connectivity index (χ4n) is 3.33. The fraction of sp³-hybridized carbons (Fsp3) is 0.286. The average Bonchev–Trinajstić information content (AvgIpc) is 2.45. The van der Waals surface area contributed by atoms with Crippen molar-refractivity contribution in [2.24, 2.45) is 5.41 Å². The van der Waals surface area contributed by atoms with Crippen LogP contribution in [0.2, 0.25) is 0 Å². The Hall–Kier alpha value is -1.72. The topological polar surface area (TPSA) is 17.1 Å². The molecular formula is C21H23OP. The molecule has 0 aromatic heterocycles. The van der Waals surface area contributed by atoms with Crippen molar-refractivity contribution >= 4 is 20.3 Å². The number of fused-ring (bicyclic) bond motifs is 3. The number of ketones is 1. The predicted molar refractivity (Wildman–Crippen MR) is 102 cm³/mol. The number of hydrogen-bond acceptors (Lipinski definition) is 1. The van der Waals surface area contributed by atoms with Crippen molar-refractivity contribution in [1.29, 1.82) is 0 Å². The van der Waals surface area contributed by atoms with Gasteiger partial charge in [0.1, 0.15) is 0 Å². The van der Waals surface area contributed by atoms with E-state index < -0.39 is 0 Å². The van der Waals surface area contributed by atoms with Gasteiger partial charge in [0, 0.05) is 12.0 Å². The molecule has 0 amide bonds. The monoisotopic (exact) mass is 322 g/mol. The van der Waals surface area contributed by atoms with E-state index in [-0.39, 0.29) is 11.2 Å². The van der Waals surface area contributed by atoms with Crippen LogP contribution in [-0.2, 0) is 6.42 Å². The molecule has 0 spiro atoms. The summed E-state index contributed by atoms with van der Waals surface area (Å²) >= 11 is 0. The van der Waals surface area contributed by atoms with E-state index in [9.17, 15) is 4.79 Å². The Morgan fingerprint density at radius 3 is 2.48 bits per heavy atom. The first kappa shape index (κ1) is 16.1. The molecule has 1 aliphatic carbocycles. The van der Waals surface area contributed by atoms with Crippen LogP contribution in [0.25, 0.3) is 16.4 Å². The van der Waals surface area contributed by atoms with Crippen molar-refractivity contribution < 1.29 is 4.79 Å².